The Kier molecular flexibility index (Phi) is 1.66. The maximum Gasteiger partial charge on any atom is 0.325 e. The first-order chi connectivity index (χ1) is 4.55. The van der Waals surface area contributed by atoms with Gasteiger partial charge < -0.3 is 4.65 Å². The second-order valence-electron chi connectivity index (χ2n) is 2.48. The van der Waals surface area contributed by atoms with Gasteiger partial charge in [0, 0.05) is 12.8 Å². The van der Waals surface area contributed by atoms with Gasteiger partial charge in [0.2, 0.25) is 5.92 Å². The molecule has 0 spiro atoms. The standard InChI is InChI=1S/C5H7BF2O2/c6-10-4(9)3-1-5(7,8)2-3/h3H,1-2,6H2. The van der Waals surface area contributed by atoms with Crippen LogP contribution in [0.2, 0.25) is 0 Å². The summed E-state index contributed by atoms with van der Waals surface area (Å²) in [4.78, 5) is 10.5. The highest BCUT2D eigenvalue weighted by Gasteiger charge is 2.49. The molecule has 1 fully saturated rings. The molecule has 1 saturated carbocycles. The zero-order valence-electron chi connectivity index (χ0n) is 5.56. The number of hydrogen-bond acceptors (Lipinski definition) is 2. The largest absolute Gasteiger partial charge is 0.543 e. The minimum absolute atomic E-state index is 0.348. The van der Waals surface area contributed by atoms with Gasteiger partial charge in [0.25, 0.3) is 5.97 Å². The minimum atomic E-state index is -2.63. The molecule has 10 heavy (non-hydrogen) atoms. The molecule has 1 rings (SSSR count). The van der Waals surface area contributed by atoms with Crippen LogP contribution in [0.15, 0.2) is 0 Å². The van der Waals surface area contributed by atoms with Crippen LogP contribution in [-0.2, 0) is 9.45 Å². The molecule has 1 aliphatic rings. The molecule has 0 aromatic heterocycles. The van der Waals surface area contributed by atoms with Crippen molar-refractivity contribution in [3.8, 4) is 0 Å². The fourth-order valence-electron chi connectivity index (χ4n) is 0.995. The third kappa shape index (κ3) is 1.28. The second kappa shape index (κ2) is 2.22. The fourth-order valence-corrected chi connectivity index (χ4v) is 0.995. The molecule has 1 aliphatic carbocycles. The van der Waals surface area contributed by atoms with Crippen LogP contribution in [0.1, 0.15) is 12.8 Å². The van der Waals surface area contributed by atoms with Gasteiger partial charge in [0.1, 0.15) is 0 Å². The van der Waals surface area contributed by atoms with Crippen molar-refractivity contribution < 1.29 is 18.2 Å². The highest BCUT2D eigenvalue weighted by molar-refractivity contribution is 6.05. The fraction of sp³-hybridized carbons (Fsp3) is 0.800. The summed E-state index contributed by atoms with van der Waals surface area (Å²) >= 11 is 0. The van der Waals surface area contributed by atoms with Crippen molar-refractivity contribution in [2.45, 2.75) is 18.8 Å². The van der Waals surface area contributed by atoms with Crippen molar-refractivity contribution >= 4 is 14.0 Å². The third-order valence-corrected chi connectivity index (χ3v) is 1.62. The number of carbonyl (C=O) groups is 1. The van der Waals surface area contributed by atoms with E-state index in [1.54, 1.807) is 0 Å². The molecule has 0 heterocycles. The lowest BCUT2D eigenvalue weighted by molar-refractivity contribution is -0.162. The number of alkyl halides is 2. The lowest BCUT2D eigenvalue weighted by atomic mass is 9.81. The van der Waals surface area contributed by atoms with E-state index >= 15 is 0 Å². The summed E-state index contributed by atoms with van der Waals surface area (Å²) < 4.78 is 28.4. The summed E-state index contributed by atoms with van der Waals surface area (Å²) in [6, 6.07) is 0. The predicted octanol–water partition coefficient (Wildman–Crippen LogP) is 0.123. The Balaban J connectivity index is 2.33. The Hall–Kier alpha value is -0.605. The lowest BCUT2D eigenvalue weighted by Crippen LogP contribution is -2.40. The minimum Gasteiger partial charge on any atom is -0.543 e. The first-order valence-electron chi connectivity index (χ1n) is 3.01. The summed E-state index contributed by atoms with van der Waals surface area (Å²) in [5, 5.41) is 0. The quantitative estimate of drug-likeness (QED) is 0.493. The molecule has 56 valence electrons. The zero-order valence-corrected chi connectivity index (χ0v) is 5.56. The molecule has 0 aromatic rings. The highest BCUT2D eigenvalue weighted by atomic mass is 19.3. The predicted molar refractivity (Wildman–Crippen MR) is 32.3 cm³/mol. The van der Waals surface area contributed by atoms with Crippen molar-refractivity contribution in [1.29, 1.82) is 0 Å². The van der Waals surface area contributed by atoms with E-state index in [0.717, 1.165) is 0 Å². The monoisotopic (exact) mass is 148 g/mol. The molecular weight excluding hydrogens is 141 g/mol. The van der Waals surface area contributed by atoms with E-state index in [0.29, 0.717) is 0 Å². The van der Waals surface area contributed by atoms with Crippen LogP contribution in [0.5, 0.6) is 0 Å². The van der Waals surface area contributed by atoms with Gasteiger partial charge in [0.05, 0.1) is 5.92 Å². The SMILES string of the molecule is BOC(=O)C1CC(F)(F)C1. The maximum atomic E-state index is 12.1. The topological polar surface area (TPSA) is 26.3 Å². The van der Waals surface area contributed by atoms with E-state index in [2.05, 4.69) is 4.65 Å². The Bertz CT molecular complexity index is 152. The Labute approximate surface area is 58.0 Å². The summed E-state index contributed by atoms with van der Waals surface area (Å²) in [6.45, 7) is 0. The van der Waals surface area contributed by atoms with Gasteiger partial charge in [-0.1, -0.05) is 0 Å². The molecule has 0 bridgehead atoms. The van der Waals surface area contributed by atoms with Crippen LogP contribution in [0.3, 0.4) is 0 Å². The van der Waals surface area contributed by atoms with E-state index < -0.39 is 17.8 Å². The molecule has 0 saturated heterocycles. The Morgan fingerprint density at radius 1 is 1.60 bits per heavy atom. The summed E-state index contributed by atoms with van der Waals surface area (Å²) in [5.41, 5.74) is 0. The number of halogens is 2. The average Bonchev–Trinajstić information content (AvgIpc) is 1.81. The van der Waals surface area contributed by atoms with E-state index in [1.165, 1.54) is 8.05 Å². The molecule has 0 aromatic carbocycles. The second-order valence-corrected chi connectivity index (χ2v) is 2.48. The van der Waals surface area contributed by atoms with E-state index in [9.17, 15) is 13.6 Å². The summed E-state index contributed by atoms with van der Waals surface area (Å²) in [5.74, 6) is -3.72. The van der Waals surface area contributed by atoms with Crippen molar-refractivity contribution in [2.24, 2.45) is 5.92 Å². The van der Waals surface area contributed by atoms with Gasteiger partial charge in [0.15, 0.2) is 0 Å². The molecular formula is C5H7BF2O2. The van der Waals surface area contributed by atoms with E-state index in [-0.39, 0.29) is 12.8 Å². The van der Waals surface area contributed by atoms with Crippen LogP contribution in [0.4, 0.5) is 8.78 Å². The van der Waals surface area contributed by atoms with Crippen molar-refractivity contribution in [1.82, 2.24) is 0 Å². The molecule has 0 N–H and O–H groups in total. The highest BCUT2D eigenvalue weighted by Crippen LogP contribution is 2.42. The molecule has 0 aliphatic heterocycles. The number of hydrogen-bond donors (Lipinski definition) is 0. The van der Waals surface area contributed by atoms with Gasteiger partial charge in [-0.15, -0.1) is 0 Å². The van der Waals surface area contributed by atoms with Crippen LogP contribution in [0, 0.1) is 5.92 Å². The number of carbonyl (C=O) groups excluding carboxylic acids is 1. The van der Waals surface area contributed by atoms with Crippen LogP contribution < -0.4 is 0 Å². The molecule has 0 atom stereocenters. The van der Waals surface area contributed by atoms with Crippen LogP contribution in [0.25, 0.3) is 0 Å². The first kappa shape index (κ1) is 7.50. The lowest BCUT2D eigenvalue weighted by Gasteiger charge is -2.32. The first-order valence-corrected chi connectivity index (χ1v) is 3.01. The third-order valence-electron chi connectivity index (χ3n) is 1.62. The van der Waals surface area contributed by atoms with Gasteiger partial charge in [-0.25, -0.2) is 8.78 Å². The molecule has 0 radical (unpaired) electrons. The van der Waals surface area contributed by atoms with Crippen LogP contribution in [-0.4, -0.2) is 19.9 Å². The van der Waals surface area contributed by atoms with E-state index in [4.69, 9.17) is 0 Å². The Morgan fingerprint density at radius 3 is 2.40 bits per heavy atom. The van der Waals surface area contributed by atoms with Gasteiger partial charge >= 0.3 is 8.05 Å². The number of rotatable bonds is 1. The Morgan fingerprint density at radius 2 is 2.10 bits per heavy atom. The summed E-state index contributed by atoms with van der Waals surface area (Å²) in [7, 11) is 1.21. The summed E-state index contributed by atoms with van der Waals surface area (Å²) in [6.07, 6.45) is -0.695. The van der Waals surface area contributed by atoms with Crippen molar-refractivity contribution in [2.75, 3.05) is 0 Å². The normalized spacial score (nSPS) is 23.4. The molecule has 2 nitrogen and oxygen atoms in total. The average molecular weight is 148 g/mol. The van der Waals surface area contributed by atoms with Crippen LogP contribution >= 0.6 is 0 Å². The van der Waals surface area contributed by atoms with Gasteiger partial charge in [-0.2, -0.15) is 0 Å². The van der Waals surface area contributed by atoms with Crippen molar-refractivity contribution in [3.05, 3.63) is 0 Å². The van der Waals surface area contributed by atoms with Gasteiger partial charge in [-0.3, -0.25) is 4.79 Å². The smallest absolute Gasteiger partial charge is 0.325 e. The van der Waals surface area contributed by atoms with Crippen molar-refractivity contribution in [3.63, 3.8) is 0 Å². The zero-order chi connectivity index (χ0) is 7.78. The molecule has 0 unspecified atom stereocenters. The maximum absolute atomic E-state index is 12.1. The molecule has 5 heteroatoms. The van der Waals surface area contributed by atoms with E-state index in [1.807, 2.05) is 0 Å². The molecule has 0 amide bonds. The van der Waals surface area contributed by atoms with Gasteiger partial charge in [-0.05, 0) is 0 Å².